The van der Waals surface area contributed by atoms with E-state index in [1.54, 1.807) is 0 Å². The molecule has 55 heavy (non-hydrogen) atoms. The molecule has 0 spiro atoms. The number of benzene rings is 9. The van der Waals surface area contributed by atoms with Crippen LogP contribution in [0.2, 0.25) is 0 Å². The summed E-state index contributed by atoms with van der Waals surface area (Å²) in [6.45, 7) is 0. The molecule has 0 bridgehead atoms. The number of fused-ring (bicyclic) bond motifs is 7. The predicted molar refractivity (Wildman–Crippen MR) is 231 cm³/mol. The molecule has 9 aromatic carbocycles. The van der Waals surface area contributed by atoms with Crippen molar-refractivity contribution in [3.8, 4) is 22.3 Å². The molecule has 258 valence electrons. The number of rotatable bonds is 5. The van der Waals surface area contributed by atoms with Gasteiger partial charge in [-0.05, 0) is 78.8 Å². The highest BCUT2D eigenvalue weighted by molar-refractivity contribution is 6.23. The molecule has 10 rings (SSSR count). The van der Waals surface area contributed by atoms with Gasteiger partial charge >= 0.3 is 0 Å². The van der Waals surface area contributed by atoms with Crippen molar-refractivity contribution in [1.82, 2.24) is 0 Å². The maximum atomic E-state index is 9.29. The Balaban J connectivity index is 1.14. The third-order valence-corrected chi connectivity index (χ3v) is 10.5. The summed E-state index contributed by atoms with van der Waals surface area (Å²) in [5, 5.41) is 18.3. The highest BCUT2D eigenvalue weighted by Crippen LogP contribution is 2.35. The van der Waals surface area contributed by atoms with Crippen LogP contribution in [-0.2, 0) is 0 Å². The van der Waals surface area contributed by atoms with Crippen LogP contribution in [0.3, 0.4) is 0 Å². The Kier molecular flexibility index (Phi) is 7.93. The van der Waals surface area contributed by atoms with E-state index in [4.69, 9.17) is 14.4 Å². The molecule has 0 aliphatic rings. The number of furan rings is 1. The zero-order valence-electron chi connectivity index (χ0n) is 29.8. The zero-order chi connectivity index (χ0) is 36.7. The Bertz CT molecular complexity index is 3150. The average Bonchev–Trinajstić information content (AvgIpc) is 3.63. The third kappa shape index (κ3) is 5.87. The van der Waals surface area contributed by atoms with Crippen molar-refractivity contribution in [2.75, 3.05) is 0 Å². The molecule has 0 aliphatic carbocycles. The molecule has 0 saturated carbocycles. The van der Waals surface area contributed by atoms with Crippen molar-refractivity contribution in [2.24, 2.45) is 9.98 Å². The summed E-state index contributed by atoms with van der Waals surface area (Å²) < 4.78 is 6.30. The number of hydrogen-bond donors (Lipinski definition) is 1. The molecule has 1 heterocycles. The minimum Gasteiger partial charge on any atom is -0.456 e. The van der Waals surface area contributed by atoms with Crippen LogP contribution in [0.15, 0.2) is 202 Å². The molecule has 0 radical (unpaired) electrons. The highest BCUT2D eigenvalue weighted by Gasteiger charge is 2.16. The van der Waals surface area contributed by atoms with Gasteiger partial charge in [-0.25, -0.2) is 9.98 Å². The first-order valence-electron chi connectivity index (χ1n) is 18.4. The van der Waals surface area contributed by atoms with Gasteiger partial charge in [0.25, 0.3) is 0 Å². The zero-order valence-corrected chi connectivity index (χ0v) is 29.8. The summed E-state index contributed by atoms with van der Waals surface area (Å²) in [6.07, 6.45) is 1.93. The van der Waals surface area contributed by atoms with E-state index < -0.39 is 0 Å². The molecule has 1 aromatic heterocycles. The standard InChI is InChI=1S/C51H33N3O/c52-50(36-24-22-34(23-25-36)33-12-2-1-3-13-33)54-51(45-20-9-8-17-40(45)38-27-29-44-43-19-10-11-21-48(43)55-49(44)31-38)53-32-47-41-18-7-5-15-37(41)30-46-39-16-6-4-14-35(39)26-28-42(46)47/h1-32,52H. The first-order chi connectivity index (χ1) is 27.2. The van der Waals surface area contributed by atoms with Gasteiger partial charge in [-0.2, -0.15) is 0 Å². The molecular formula is C51H33N3O. The minimum atomic E-state index is 0.128. The van der Waals surface area contributed by atoms with Crippen molar-refractivity contribution >= 4 is 72.1 Å². The summed E-state index contributed by atoms with van der Waals surface area (Å²) in [5.74, 6) is 0.572. The van der Waals surface area contributed by atoms with Gasteiger partial charge in [0.05, 0.1) is 0 Å². The Hall–Kier alpha value is -7.43. The lowest BCUT2D eigenvalue weighted by Gasteiger charge is -2.13. The number of hydrogen-bond acceptors (Lipinski definition) is 2. The summed E-state index contributed by atoms with van der Waals surface area (Å²) >= 11 is 0. The normalized spacial score (nSPS) is 12.1. The van der Waals surface area contributed by atoms with Crippen LogP contribution < -0.4 is 0 Å². The fraction of sp³-hybridized carbons (Fsp3) is 0. The van der Waals surface area contributed by atoms with E-state index in [0.29, 0.717) is 11.4 Å². The van der Waals surface area contributed by atoms with Crippen LogP contribution in [0.5, 0.6) is 0 Å². The van der Waals surface area contributed by atoms with Crippen LogP contribution >= 0.6 is 0 Å². The lowest BCUT2D eigenvalue weighted by Crippen LogP contribution is -2.06. The molecular weight excluding hydrogens is 671 g/mol. The second-order valence-electron chi connectivity index (χ2n) is 13.7. The topological polar surface area (TPSA) is 61.7 Å². The van der Waals surface area contributed by atoms with E-state index in [1.165, 1.54) is 16.2 Å². The van der Waals surface area contributed by atoms with Crippen molar-refractivity contribution in [2.45, 2.75) is 0 Å². The molecule has 4 heteroatoms. The molecule has 1 N–H and O–H groups in total. The average molecular weight is 704 g/mol. The van der Waals surface area contributed by atoms with E-state index in [1.807, 2.05) is 85.1 Å². The summed E-state index contributed by atoms with van der Waals surface area (Å²) in [5.41, 5.74) is 8.33. The molecule has 0 aliphatic heterocycles. The fourth-order valence-corrected chi connectivity index (χ4v) is 7.72. The first-order valence-corrected chi connectivity index (χ1v) is 18.4. The van der Waals surface area contributed by atoms with Crippen LogP contribution in [0.25, 0.3) is 76.5 Å². The maximum Gasteiger partial charge on any atom is 0.162 e. The summed E-state index contributed by atoms with van der Waals surface area (Å²) in [7, 11) is 0. The molecule has 0 fully saturated rings. The number of amidine groups is 2. The monoisotopic (exact) mass is 703 g/mol. The molecule has 0 atom stereocenters. The largest absolute Gasteiger partial charge is 0.456 e. The van der Waals surface area contributed by atoms with Crippen molar-refractivity contribution in [3.63, 3.8) is 0 Å². The molecule has 0 saturated heterocycles. The van der Waals surface area contributed by atoms with Crippen LogP contribution in [0, 0.1) is 5.41 Å². The lowest BCUT2D eigenvalue weighted by molar-refractivity contribution is 0.669. The quantitative estimate of drug-likeness (QED) is 0.0825. The van der Waals surface area contributed by atoms with Crippen LogP contribution in [0.1, 0.15) is 16.7 Å². The molecule has 0 unspecified atom stereocenters. The third-order valence-electron chi connectivity index (χ3n) is 10.5. The second-order valence-corrected chi connectivity index (χ2v) is 13.7. The van der Waals surface area contributed by atoms with Gasteiger partial charge in [-0.1, -0.05) is 164 Å². The van der Waals surface area contributed by atoms with E-state index in [-0.39, 0.29) is 5.84 Å². The molecule has 10 aromatic rings. The van der Waals surface area contributed by atoms with E-state index in [9.17, 15) is 5.41 Å². The van der Waals surface area contributed by atoms with E-state index in [0.717, 1.165) is 71.5 Å². The van der Waals surface area contributed by atoms with E-state index >= 15 is 0 Å². The summed E-state index contributed by atoms with van der Waals surface area (Å²) in [4.78, 5) is 10.2. The van der Waals surface area contributed by atoms with Crippen molar-refractivity contribution in [1.29, 1.82) is 5.41 Å². The van der Waals surface area contributed by atoms with Crippen LogP contribution in [0.4, 0.5) is 0 Å². The Morgan fingerprint density at radius 1 is 0.455 bits per heavy atom. The smallest absolute Gasteiger partial charge is 0.162 e. The SMILES string of the molecule is N=C(N=C(N=Cc1c2ccccc2cc2c1ccc1ccccc12)c1ccccc1-c1ccc2c(c1)oc1ccccc12)c1ccc(-c2ccccc2)cc1. The lowest BCUT2D eigenvalue weighted by atomic mass is 9.94. The van der Waals surface area contributed by atoms with Gasteiger partial charge < -0.3 is 4.42 Å². The number of nitrogens with zero attached hydrogens (tertiary/aromatic N) is 2. The second kappa shape index (κ2) is 13.5. The predicted octanol–water partition coefficient (Wildman–Crippen LogP) is 13.3. The first kappa shape index (κ1) is 32.2. The highest BCUT2D eigenvalue weighted by atomic mass is 16.3. The minimum absolute atomic E-state index is 0.128. The van der Waals surface area contributed by atoms with Crippen LogP contribution in [-0.4, -0.2) is 17.9 Å². The van der Waals surface area contributed by atoms with Gasteiger partial charge in [-0.15, -0.1) is 0 Å². The molecule has 4 nitrogen and oxygen atoms in total. The Morgan fingerprint density at radius 3 is 1.95 bits per heavy atom. The number of aliphatic imine (C=N–C) groups is 2. The van der Waals surface area contributed by atoms with Gasteiger partial charge in [0, 0.05) is 33.7 Å². The van der Waals surface area contributed by atoms with Gasteiger partial charge in [0.15, 0.2) is 11.7 Å². The van der Waals surface area contributed by atoms with E-state index in [2.05, 4.69) is 109 Å². The molecule has 0 amide bonds. The Morgan fingerprint density at radius 2 is 1.09 bits per heavy atom. The van der Waals surface area contributed by atoms with Gasteiger partial charge in [-0.3, -0.25) is 5.41 Å². The number of para-hydroxylation sites is 1. The van der Waals surface area contributed by atoms with Crippen molar-refractivity contribution < 1.29 is 4.42 Å². The van der Waals surface area contributed by atoms with Gasteiger partial charge in [0.2, 0.25) is 0 Å². The summed E-state index contributed by atoms with van der Waals surface area (Å²) in [6, 6.07) is 64.5. The number of nitrogens with one attached hydrogen (secondary N) is 1. The Labute approximate surface area is 317 Å². The maximum absolute atomic E-state index is 9.29. The fourth-order valence-electron chi connectivity index (χ4n) is 7.72. The van der Waals surface area contributed by atoms with Crippen molar-refractivity contribution in [3.05, 3.63) is 205 Å². The van der Waals surface area contributed by atoms with Gasteiger partial charge in [0.1, 0.15) is 11.2 Å².